The second-order valence-electron chi connectivity index (χ2n) is 5.88. The van der Waals surface area contributed by atoms with Crippen LogP contribution >= 0.6 is 0 Å². The van der Waals surface area contributed by atoms with Crippen molar-refractivity contribution in [1.82, 2.24) is 0 Å². The molecule has 0 heterocycles. The molecule has 20 heavy (non-hydrogen) atoms. The van der Waals surface area contributed by atoms with Crippen LogP contribution in [0.3, 0.4) is 0 Å². The number of carbonyl (C=O) groups excluding carboxylic acids is 1. The van der Waals surface area contributed by atoms with Gasteiger partial charge in [-0.15, -0.1) is 0 Å². The maximum absolute atomic E-state index is 10.9. The molecule has 0 fully saturated rings. The van der Waals surface area contributed by atoms with E-state index in [9.17, 15) is 9.90 Å². The standard InChI is InChI=1S/C17H34O3/c1-2-3-4-5-6-7-8-9-10-11-12-13-16(19)14-17(20)15-18/h16,18-19H,2-15H2,1H3. The number of aliphatic hydroxyl groups is 2. The zero-order valence-corrected chi connectivity index (χ0v) is 13.3. The average Bonchev–Trinajstić information content (AvgIpc) is 2.44. The first-order chi connectivity index (χ1) is 9.70. The molecule has 3 heteroatoms. The predicted molar refractivity (Wildman–Crippen MR) is 83.8 cm³/mol. The number of unbranched alkanes of at least 4 members (excludes halogenated alkanes) is 10. The van der Waals surface area contributed by atoms with Crippen LogP contribution in [0.1, 0.15) is 90.4 Å². The Morgan fingerprint density at radius 2 is 1.30 bits per heavy atom. The van der Waals surface area contributed by atoms with Crippen LogP contribution in [0.4, 0.5) is 0 Å². The molecule has 0 saturated carbocycles. The van der Waals surface area contributed by atoms with Gasteiger partial charge in [0.05, 0.1) is 6.10 Å². The largest absolute Gasteiger partial charge is 0.393 e. The predicted octanol–water partition coefficient (Wildman–Crippen LogP) is 4.00. The third-order valence-electron chi connectivity index (χ3n) is 3.78. The van der Waals surface area contributed by atoms with Crippen molar-refractivity contribution in [2.24, 2.45) is 0 Å². The lowest BCUT2D eigenvalue weighted by Gasteiger charge is -2.08. The molecule has 0 aromatic rings. The fourth-order valence-corrected chi connectivity index (χ4v) is 2.47. The third-order valence-corrected chi connectivity index (χ3v) is 3.78. The summed E-state index contributed by atoms with van der Waals surface area (Å²) >= 11 is 0. The SMILES string of the molecule is CCCCCCCCCCCCCC(O)CC(=O)CO. The first kappa shape index (κ1) is 19.6. The lowest BCUT2D eigenvalue weighted by atomic mass is 10.0. The van der Waals surface area contributed by atoms with Gasteiger partial charge in [-0.05, 0) is 6.42 Å². The Morgan fingerprint density at radius 1 is 0.850 bits per heavy atom. The minimum Gasteiger partial charge on any atom is -0.393 e. The number of aliphatic hydroxyl groups excluding tert-OH is 2. The molecule has 2 N–H and O–H groups in total. The molecule has 0 spiro atoms. The van der Waals surface area contributed by atoms with E-state index in [1.54, 1.807) is 0 Å². The molecule has 0 rings (SSSR count). The van der Waals surface area contributed by atoms with E-state index in [1.165, 1.54) is 57.8 Å². The molecule has 0 amide bonds. The van der Waals surface area contributed by atoms with Crippen LogP contribution in [0.25, 0.3) is 0 Å². The monoisotopic (exact) mass is 286 g/mol. The van der Waals surface area contributed by atoms with Crippen molar-refractivity contribution in [2.45, 2.75) is 96.5 Å². The van der Waals surface area contributed by atoms with Gasteiger partial charge in [-0.2, -0.15) is 0 Å². The highest BCUT2D eigenvalue weighted by molar-refractivity contribution is 5.79. The fraction of sp³-hybridized carbons (Fsp3) is 0.941. The molecule has 0 saturated heterocycles. The van der Waals surface area contributed by atoms with Gasteiger partial charge in [0, 0.05) is 6.42 Å². The third kappa shape index (κ3) is 14.0. The van der Waals surface area contributed by atoms with Crippen LogP contribution in [0, 0.1) is 0 Å². The van der Waals surface area contributed by atoms with E-state index in [2.05, 4.69) is 6.92 Å². The number of ketones is 1. The number of hydrogen-bond acceptors (Lipinski definition) is 3. The summed E-state index contributed by atoms with van der Waals surface area (Å²) in [7, 11) is 0. The molecule has 120 valence electrons. The maximum Gasteiger partial charge on any atom is 0.160 e. The van der Waals surface area contributed by atoms with Crippen molar-refractivity contribution in [1.29, 1.82) is 0 Å². The zero-order valence-electron chi connectivity index (χ0n) is 13.3. The number of hydrogen-bond donors (Lipinski definition) is 2. The summed E-state index contributed by atoms with van der Waals surface area (Å²) in [6.07, 6.45) is 14.4. The van der Waals surface area contributed by atoms with E-state index in [1.807, 2.05) is 0 Å². The second-order valence-corrected chi connectivity index (χ2v) is 5.88. The van der Waals surface area contributed by atoms with Crippen LogP contribution < -0.4 is 0 Å². The van der Waals surface area contributed by atoms with Crippen molar-refractivity contribution < 1.29 is 15.0 Å². The summed E-state index contributed by atoms with van der Waals surface area (Å²) in [4.78, 5) is 10.9. The first-order valence-corrected chi connectivity index (χ1v) is 8.51. The van der Waals surface area contributed by atoms with Gasteiger partial charge in [0.25, 0.3) is 0 Å². The smallest absolute Gasteiger partial charge is 0.160 e. The second kappa shape index (κ2) is 15.0. The van der Waals surface area contributed by atoms with E-state index in [0.717, 1.165) is 12.8 Å². The number of rotatable bonds is 15. The molecule has 1 unspecified atom stereocenters. The van der Waals surface area contributed by atoms with Gasteiger partial charge in [0.2, 0.25) is 0 Å². The van der Waals surface area contributed by atoms with Crippen molar-refractivity contribution in [2.75, 3.05) is 6.61 Å². The molecule has 0 aliphatic carbocycles. The van der Waals surface area contributed by atoms with Crippen molar-refractivity contribution in [3.05, 3.63) is 0 Å². The quantitative estimate of drug-likeness (QED) is 0.447. The van der Waals surface area contributed by atoms with Crippen molar-refractivity contribution >= 4 is 5.78 Å². The minimum absolute atomic E-state index is 0.105. The van der Waals surface area contributed by atoms with E-state index in [-0.39, 0.29) is 12.2 Å². The Labute approximate surface area is 124 Å². The molecule has 0 bridgehead atoms. The highest BCUT2D eigenvalue weighted by atomic mass is 16.3. The number of Topliss-reactive ketones (excluding diaryl/α,β-unsaturated/α-hetero) is 1. The fourth-order valence-electron chi connectivity index (χ4n) is 2.47. The Bertz CT molecular complexity index is 216. The van der Waals surface area contributed by atoms with Crippen molar-refractivity contribution in [3.63, 3.8) is 0 Å². The normalized spacial score (nSPS) is 12.6. The van der Waals surface area contributed by atoms with Gasteiger partial charge in [-0.3, -0.25) is 4.79 Å². The lowest BCUT2D eigenvalue weighted by molar-refractivity contribution is -0.123. The molecular weight excluding hydrogens is 252 g/mol. The molecule has 0 aliphatic rings. The summed E-state index contributed by atoms with van der Waals surface area (Å²) in [6.45, 7) is 1.80. The molecule has 1 atom stereocenters. The Kier molecular flexibility index (Phi) is 14.7. The Morgan fingerprint density at radius 3 is 1.75 bits per heavy atom. The van der Waals surface area contributed by atoms with E-state index in [0.29, 0.717) is 6.42 Å². The molecule has 0 aliphatic heterocycles. The molecular formula is C17H34O3. The highest BCUT2D eigenvalue weighted by Gasteiger charge is 2.09. The number of carbonyl (C=O) groups is 1. The maximum atomic E-state index is 10.9. The molecule has 3 nitrogen and oxygen atoms in total. The molecule has 0 aromatic heterocycles. The van der Waals surface area contributed by atoms with E-state index < -0.39 is 12.7 Å². The van der Waals surface area contributed by atoms with Gasteiger partial charge in [0.1, 0.15) is 6.61 Å². The molecule has 0 aromatic carbocycles. The minimum atomic E-state index is -0.562. The van der Waals surface area contributed by atoms with Crippen LogP contribution in [-0.4, -0.2) is 28.7 Å². The summed E-state index contributed by atoms with van der Waals surface area (Å²) in [5.41, 5.74) is 0. The van der Waals surface area contributed by atoms with Crippen LogP contribution in [-0.2, 0) is 4.79 Å². The van der Waals surface area contributed by atoms with Gasteiger partial charge in [-0.1, -0.05) is 77.6 Å². The van der Waals surface area contributed by atoms with Crippen LogP contribution in [0.2, 0.25) is 0 Å². The average molecular weight is 286 g/mol. The zero-order chi connectivity index (χ0) is 15.1. The topological polar surface area (TPSA) is 57.5 Å². The summed E-state index contributed by atoms with van der Waals surface area (Å²) in [5, 5.41) is 18.1. The van der Waals surface area contributed by atoms with Crippen LogP contribution in [0.5, 0.6) is 0 Å². The summed E-state index contributed by atoms with van der Waals surface area (Å²) < 4.78 is 0. The van der Waals surface area contributed by atoms with Gasteiger partial charge in [0.15, 0.2) is 5.78 Å². The van der Waals surface area contributed by atoms with E-state index in [4.69, 9.17) is 5.11 Å². The summed E-state index contributed by atoms with van der Waals surface area (Å²) in [6, 6.07) is 0. The van der Waals surface area contributed by atoms with E-state index >= 15 is 0 Å². The first-order valence-electron chi connectivity index (χ1n) is 8.51. The molecule has 0 radical (unpaired) electrons. The van der Waals surface area contributed by atoms with Gasteiger partial charge >= 0.3 is 0 Å². The highest BCUT2D eigenvalue weighted by Crippen LogP contribution is 2.13. The van der Waals surface area contributed by atoms with Gasteiger partial charge in [-0.25, -0.2) is 0 Å². The lowest BCUT2D eigenvalue weighted by Crippen LogP contribution is -2.15. The Hall–Kier alpha value is -0.410. The summed E-state index contributed by atoms with van der Waals surface area (Å²) in [5.74, 6) is -0.263. The van der Waals surface area contributed by atoms with Crippen LogP contribution in [0.15, 0.2) is 0 Å². The Balaban J connectivity index is 3.14. The van der Waals surface area contributed by atoms with Gasteiger partial charge < -0.3 is 10.2 Å². The van der Waals surface area contributed by atoms with Crippen molar-refractivity contribution in [3.8, 4) is 0 Å².